The highest BCUT2D eigenvalue weighted by Crippen LogP contribution is 2.47. The lowest BCUT2D eigenvalue weighted by Crippen LogP contribution is -2.27. The third-order valence-electron chi connectivity index (χ3n) is 4.16. The second-order valence-electron chi connectivity index (χ2n) is 5.87. The summed E-state index contributed by atoms with van der Waals surface area (Å²) in [4.78, 5) is 12.1. The fourth-order valence-electron chi connectivity index (χ4n) is 2.78. The minimum atomic E-state index is 0.0127. The van der Waals surface area contributed by atoms with Crippen molar-refractivity contribution < 1.29 is 13.6 Å². The highest BCUT2D eigenvalue weighted by atomic mass is 16.4. The number of carbonyl (C=O) groups is 1. The molecule has 0 aliphatic heterocycles. The summed E-state index contributed by atoms with van der Waals surface area (Å²) in [7, 11) is 0. The van der Waals surface area contributed by atoms with Gasteiger partial charge in [-0.05, 0) is 30.7 Å². The first-order valence-corrected chi connectivity index (χ1v) is 8.00. The van der Waals surface area contributed by atoms with E-state index in [-0.39, 0.29) is 17.7 Å². The van der Waals surface area contributed by atoms with Crippen molar-refractivity contribution in [1.29, 1.82) is 0 Å². The van der Waals surface area contributed by atoms with Crippen LogP contribution >= 0.6 is 0 Å². The Kier molecular flexibility index (Phi) is 3.86. The van der Waals surface area contributed by atoms with E-state index in [0.717, 1.165) is 17.7 Å². The standard InChI is InChI=1S/C18H17N3O3/c22-17(14-11-13(14)15-7-4-10-23-15)19-9-8-16-20-21-18(24-16)12-5-2-1-3-6-12/h1-7,10,13-14H,8-9,11H2,(H,19,22)/t13-,14-/m0/s1. The lowest BCUT2D eigenvalue weighted by molar-refractivity contribution is -0.122. The molecular formula is C18H17N3O3. The number of rotatable bonds is 6. The average Bonchev–Trinajstić information content (AvgIpc) is 3.01. The summed E-state index contributed by atoms with van der Waals surface area (Å²) >= 11 is 0. The fourth-order valence-corrected chi connectivity index (χ4v) is 2.78. The predicted octanol–water partition coefficient (Wildman–Crippen LogP) is 2.79. The first-order chi connectivity index (χ1) is 11.8. The lowest BCUT2D eigenvalue weighted by atomic mass is 10.2. The van der Waals surface area contributed by atoms with Gasteiger partial charge in [0.05, 0.1) is 6.26 Å². The third-order valence-corrected chi connectivity index (χ3v) is 4.16. The van der Waals surface area contributed by atoms with E-state index in [4.69, 9.17) is 8.83 Å². The Labute approximate surface area is 138 Å². The van der Waals surface area contributed by atoms with E-state index >= 15 is 0 Å². The molecule has 24 heavy (non-hydrogen) atoms. The number of hydrogen-bond acceptors (Lipinski definition) is 5. The summed E-state index contributed by atoms with van der Waals surface area (Å²) in [6.45, 7) is 0.483. The largest absolute Gasteiger partial charge is 0.469 e. The van der Waals surface area contributed by atoms with Crippen molar-refractivity contribution in [3.8, 4) is 11.5 Å². The summed E-state index contributed by atoms with van der Waals surface area (Å²) in [6.07, 6.45) is 3.00. The van der Waals surface area contributed by atoms with Crippen molar-refractivity contribution >= 4 is 5.91 Å². The van der Waals surface area contributed by atoms with Crippen LogP contribution in [0.2, 0.25) is 0 Å². The van der Waals surface area contributed by atoms with Gasteiger partial charge in [0.2, 0.25) is 17.7 Å². The molecule has 2 aromatic heterocycles. The number of aromatic nitrogens is 2. The first kappa shape index (κ1) is 14.7. The summed E-state index contributed by atoms with van der Waals surface area (Å²) in [5.41, 5.74) is 0.888. The fraction of sp³-hybridized carbons (Fsp3) is 0.278. The number of amides is 1. The van der Waals surface area contributed by atoms with E-state index in [0.29, 0.717) is 24.7 Å². The normalized spacial score (nSPS) is 19.2. The second-order valence-corrected chi connectivity index (χ2v) is 5.87. The number of nitrogens with one attached hydrogen (secondary N) is 1. The number of carbonyl (C=O) groups excluding carboxylic acids is 1. The van der Waals surface area contributed by atoms with E-state index in [1.165, 1.54) is 0 Å². The predicted molar refractivity (Wildman–Crippen MR) is 86.0 cm³/mol. The van der Waals surface area contributed by atoms with Gasteiger partial charge in [0.25, 0.3) is 0 Å². The highest BCUT2D eigenvalue weighted by molar-refractivity contribution is 5.82. The molecule has 0 saturated heterocycles. The minimum Gasteiger partial charge on any atom is -0.469 e. The molecule has 2 atom stereocenters. The van der Waals surface area contributed by atoms with Gasteiger partial charge in [-0.1, -0.05) is 18.2 Å². The van der Waals surface area contributed by atoms with Crippen molar-refractivity contribution in [3.05, 3.63) is 60.4 Å². The van der Waals surface area contributed by atoms with E-state index in [1.807, 2.05) is 42.5 Å². The summed E-state index contributed by atoms with van der Waals surface area (Å²) in [5, 5.41) is 11.0. The molecule has 6 heteroatoms. The Balaban J connectivity index is 1.26. The summed E-state index contributed by atoms with van der Waals surface area (Å²) in [5.74, 6) is 2.19. The van der Waals surface area contributed by atoms with Gasteiger partial charge < -0.3 is 14.2 Å². The number of nitrogens with zero attached hydrogens (tertiary/aromatic N) is 2. The quantitative estimate of drug-likeness (QED) is 0.754. The molecule has 1 aromatic carbocycles. The van der Waals surface area contributed by atoms with Crippen LogP contribution in [0.25, 0.3) is 11.5 Å². The number of benzene rings is 1. The van der Waals surface area contributed by atoms with Crippen LogP contribution in [0.5, 0.6) is 0 Å². The van der Waals surface area contributed by atoms with Crippen molar-refractivity contribution in [1.82, 2.24) is 15.5 Å². The monoisotopic (exact) mass is 323 g/mol. The van der Waals surface area contributed by atoms with Crippen LogP contribution in [0.4, 0.5) is 0 Å². The van der Waals surface area contributed by atoms with E-state index < -0.39 is 0 Å². The van der Waals surface area contributed by atoms with Crippen LogP contribution < -0.4 is 5.32 Å². The van der Waals surface area contributed by atoms with E-state index in [1.54, 1.807) is 6.26 Å². The molecule has 0 unspecified atom stereocenters. The van der Waals surface area contributed by atoms with Crippen molar-refractivity contribution in [3.63, 3.8) is 0 Å². The molecule has 0 spiro atoms. The van der Waals surface area contributed by atoms with Crippen molar-refractivity contribution in [2.24, 2.45) is 5.92 Å². The number of hydrogen-bond donors (Lipinski definition) is 1. The van der Waals surface area contributed by atoms with Gasteiger partial charge in [-0.2, -0.15) is 0 Å². The van der Waals surface area contributed by atoms with Gasteiger partial charge in [0.15, 0.2) is 0 Å². The minimum absolute atomic E-state index is 0.0127. The molecule has 122 valence electrons. The molecule has 1 aliphatic carbocycles. The Morgan fingerprint density at radius 2 is 2.04 bits per heavy atom. The Hall–Kier alpha value is -2.89. The average molecular weight is 323 g/mol. The van der Waals surface area contributed by atoms with Crippen molar-refractivity contribution in [2.45, 2.75) is 18.8 Å². The maximum Gasteiger partial charge on any atom is 0.247 e. The first-order valence-electron chi connectivity index (χ1n) is 8.00. The van der Waals surface area contributed by atoms with Gasteiger partial charge in [0.1, 0.15) is 5.76 Å². The van der Waals surface area contributed by atoms with Gasteiger partial charge in [-0.15, -0.1) is 10.2 Å². The maximum atomic E-state index is 12.1. The molecule has 0 bridgehead atoms. The third kappa shape index (κ3) is 3.08. The van der Waals surface area contributed by atoms with Crippen molar-refractivity contribution in [2.75, 3.05) is 6.54 Å². The molecule has 2 heterocycles. The SMILES string of the molecule is O=C(NCCc1nnc(-c2ccccc2)o1)[C@H]1C[C@@H]1c1ccco1. The van der Waals surface area contributed by atoms with Crippen LogP contribution in [0.1, 0.15) is 24.0 Å². The summed E-state index contributed by atoms with van der Waals surface area (Å²) < 4.78 is 11.0. The molecule has 4 rings (SSSR count). The van der Waals surface area contributed by atoms with Gasteiger partial charge in [-0.3, -0.25) is 4.79 Å². The van der Waals surface area contributed by atoms with E-state index in [2.05, 4.69) is 15.5 Å². The van der Waals surface area contributed by atoms with Crippen LogP contribution in [0.15, 0.2) is 57.6 Å². The molecule has 0 radical (unpaired) electrons. The van der Waals surface area contributed by atoms with Crippen LogP contribution in [-0.4, -0.2) is 22.6 Å². The molecule has 1 aliphatic rings. The second kappa shape index (κ2) is 6.31. The molecule has 6 nitrogen and oxygen atoms in total. The van der Waals surface area contributed by atoms with Crippen LogP contribution in [0, 0.1) is 5.92 Å². The molecule has 3 aromatic rings. The molecular weight excluding hydrogens is 306 g/mol. The zero-order valence-electron chi connectivity index (χ0n) is 13.0. The zero-order valence-corrected chi connectivity index (χ0v) is 13.0. The molecule has 1 N–H and O–H groups in total. The van der Waals surface area contributed by atoms with Crippen LogP contribution in [-0.2, 0) is 11.2 Å². The molecule has 1 saturated carbocycles. The topological polar surface area (TPSA) is 81.2 Å². The molecule has 1 fully saturated rings. The maximum absolute atomic E-state index is 12.1. The summed E-state index contributed by atoms with van der Waals surface area (Å²) in [6, 6.07) is 13.4. The zero-order chi connectivity index (χ0) is 16.4. The Morgan fingerprint density at radius 1 is 1.17 bits per heavy atom. The smallest absolute Gasteiger partial charge is 0.247 e. The van der Waals surface area contributed by atoms with E-state index in [9.17, 15) is 4.79 Å². The number of furan rings is 1. The lowest BCUT2D eigenvalue weighted by Gasteiger charge is -2.02. The Morgan fingerprint density at radius 3 is 2.83 bits per heavy atom. The van der Waals surface area contributed by atoms with Gasteiger partial charge in [0, 0.05) is 30.4 Å². The molecule has 1 amide bonds. The van der Waals surface area contributed by atoms with Gasteiger partial charge >= 0.3 is 0 Å². The van der Waals surface area contributed by atoms with Crippen LogP contribution in [0.3, 0.4) is 0 Å². The van der Waals surface area contributed by atoms with Gasteiger partial charge in [-0.25, -0.2) is 0 Å². The Bertz CT molecular complexity index is 811. The highest BCUT2D eigenvalue weighted by Gasteiger charge is 2.45.